The molecule has 234 valence electrons. The lowest BCUT2D eigenvalue weighted by Crippen LogP contribution is -2.65. The number of ether oxygens (including phenoxy) is 1. The molecule has 0 unspecified atom stereocenters. The molecule has 0 saturated carbocycles. The lowest BCUT2D eigenvalue weighted by molar-refractivity contribution is -0.140. The van der Waals surface area contributed by atoms with Gasteiger partial charge in [-0.1, -0.05) is 72.3 Å². The van der Waals surface area contributed by atoms with E-state index in [0.717, 1.165) is 42.3 Å². The summed E-state index contributed by atoms with van der Waals surface area (Å²) in [5.74, 6) is 0.826. The Balaban J connectivity index is 1.23. The second-order valence-corrected chi connectivity index (χ2v) is 13.5. The number of amides is 1. The van der Waals surface area contributed by atoms with Gasteiger partial charge in [-0.05, 0) is 98.3 Å². The average molecular weight is 624 g/mol. The Morgan fingerprint density at radius 1 is 0.911 bits per heavy atom. The monoisotopic (exact) mass is 623 g/mol. The highest BCUT2D eigenvalue weighted by Crippen LogP contribution is 2.44. The molecule has 3 aromatic carbocycles. The summed E-state index contributed by atoms with van der Waals surface area (Å²) in [6.45, 7) is 3.68. The molecular formula is C38H42ClN3O3. The third-order valence-electron chi connectivity index (χ3n) is 10.5. The average Bonchev–Trinajstić information content (AvgIpc) is 3.43. The number of fused-ring (bicyclic) bond motifs is 1. The van der Waals surface area contributed by atoms with Crippen molar-refractivity contribution in [2.24, 2.45) is 11.8 Å². The van der Waals surface area contributed by atoms with Gasteiger partial charge in [0.1, 0.15) is 5.69 Å². The van der Waals surface area contributed by atoms with Crippen LogP contribution in [0, 0.1) is 11.8 Å². The molecule has 3 saturated heterocycles. The number of halogens is 1. The van der Waals surface area contributed by atoms with Crippen LogP contribution in [0.4, 0.5) is 0 Å². The van der Waals surface area contributed by atoms with E-state index in [-0.39, 0.29) is 17.9 Å². The van der Waals surface area contributed by atoms with E-state index < -0.39 is 0 Å². The van der Waals surface area contributed by atoms with E-state index in [9.17, 15) is 9.59 Å². The molecule has 1 aromatic heterocycles. The third-order valence-corrected chi connectivity index (χ3v) is 10.8. The van der Waals surface area contributed by atoms with Gasteiger partial charge in [-0.2, -0.15) is 0 Å². The SMILES string of the molecule is COC(=O)CCC[C@@H]1[C@H]2CCCN3CCC[C@@H](CN1C(=O)c1cc4ccc(Cl)cc4n1Cc1ccc(-c4ccccc4)cc1)[C@@H]23. The number of methoxy groups -OCH3 is 1. The van der Waals surface area contributed by atoms with Crippen LogP contribution in [0.1, 0.15) is 61.0 Å². The van der Waals surface area contributed by atoms with Crippen LogP contribution in [0.3, 0.4) is 0 Å². The molecule has 1 amide bonds. The van der Waals surface area contributed by atoms with Gasteiger partial charge >= 0.3 is 5.97 Å². The number of benzene rings is 3. The van der Waals surface area contributed by atoms with Crippen molar-refractivity contribution in [2.75, 3.05) is 26.7 Å². The smallest absolute Gasteiger partial charge is 0.305 e. The van der Waals surface area contributed by atoms with Crippen molar-refractivity contribution in [3.63, 3.8) is 0 Å². The summed E-state index contributed by atoms with van der Waals surface area (Å²) in [6, 6.07) is 27.6. The van der Waals surface area contributed by atoms with Gasteiger partial charge in [0.05, 0.1) is 12.6 Å². The maximum absolute atomic E-state index is 14.9. The second kappa shape index (κ2) is 13.0. The zero-order chi connectivity index (χ0) is 30.9. The number of carbonyl (C=O) groups excluding carboxylic acids is 2. The molecule has 3 fully saturated rings. The summed E-state index contributed by atoms with van der Waals surface area (Å²) >= 11 is 6.52. The van der Waals surface area contributed by atoms with Crippen LogP contribution < -0.4 is 0 Å². The first kappa shape index (κ1) is 30.1. The fourth-order valence-electron chi connectivity index (χ4n) is 8.49. The van der Waals surface area contributed by atoms with Crippen molar-refractivity contribution in [1.82, 2.24) is 14.4 Å². The fraction of sp³-hybridized carbons (Fsp3) is 0.421. The first-order chi connectivity index (χ1) is 22.0. The van der Waals surface area contributed by atoms with Gasteiger partial charge in [0.25, 0.3) is 5.91 Å². The predicted octanol–water partition coefficient (Wildman–Crippen LogP) is 7.67. The van der Waals surface area contributed by atoms with Crippen molar-refractivity contribution in [3.05, 3.63) is 95.1 Å². The summed E-state index contributed by atoms with van der Waals surface area (Å²) in [5.41, 5.74) is 5.16. The number of piperidine rings is 3. The number of aromatic nitrogens is 1. The molecule has 6 nitrogen and oxygen atoms in total. The summed E-state index contributed by atoms with van der Waals surface area (Å²) in [4.78, 5) is 31.8. The minimum Gasteiger partial charge on any atom is -0.469 e. The summed E-state index contributed by atoms with van der Waals surface area (Å²) in [5, 5.41) is 1.67. The summed E-state index contributed by atoms with van der Waals surface area (Å²) in [6.07, 6.45) is 6.59. The van der Waals surface area contributed by atoms with E-state index in [1.165, 1.54) is 50.6 Å². The van der Waals surface area contributed by atoms with Crippen LogP contribution >= 0.6 is 11.6 Å². The predicted molar refractivity (Wildman–Crippen MR) is 179 cm³/mol. The van der Waals surface area contributed by atoms with E-state index in [2.05, 4.69) is 69.0 Å². The Bertz CT molecular complexity index is 1670. The highest BCUT2D eigenvalue weighted by molar-refractivity contribution is 6.31. The number of esters is 1. The molecule has 7 heteroatoms. The van der Waals surface area contributed by atoms with Crippen LogP contribution in [-0.4, -0.2) is 65.1 Å². The molecule has 0 radical (unpaired) electrons. The lowest BCUT2D eigenvalue weighted by Gasteiger charge is -2.57. The first-order valence-corrected chi connectivity index (χ1v) is 16.9. The normalized spacial score (nSPS) is 23.1. The van der Waals surface area contributed by atoms with Crippen LogP contribution in [0.2, 0.25) is 5.02 Å². The topological polar surface area (TPSA) is 54.8 Å². The molecule has 7 rings (SSSR count). The number of rotatable bonds is 8. The van der Waals surface area contributed by atoms with E-state index in [0.29, 0.717) is 41.6 Å². The molecule has 0 aliphatic carbocycles. The van der Waals surface area contributed by atoms with Gasteiger partial charge < -0.3 is 14.2 Å². The molecule has 0 spiro atoms. The number of hydrogen-bond acceptors (Lipinski definition) is 4. The van der Waals surface area contributed by atoms with Gasteiger partial charge in [0.15, 0.2) is 0 Å². The fourth-order valence-corrected chi connectivity index (χ4v) is 8.66. The maximum Gasteiger partial charge on any atom is 0.305 e. The largest absolute Gasteiger partial charge is 0.469 e. The lowest BCUT2D eigenvalue weighted by atomic mass is 9.69. The van der Waals surface area contributed by atoms with Crippen molar-refractivity contribution in [3.8, 4) is 11.1 Å². The molecule has 4 heterocycles. The third kappa shape index (κ3) is 6.03. The number of nitrogens with zero attached hydrogens (tertiary/aromatic N) is 3. The van der Waals surface area contributed by atoms with Gasteiger partial charge in [-0.25, -0.2) is 0 Å². The highest BCUT2D eigenvalue weighted by Gasteiger charge is 2.49. The zero-order valence-electron chi connectivity index (χ0n) is 26.0. The molecule has 4 aromatic rings. The standard InChI is InChI=1S/C38H42ClN3O3/c1-45-36(43)13-5-12-33-32-11-7-21-40-20-6-10-30(37(32)40)25-42(33)38(44)35-22-29-18-19-31(39)23-34(29)41(35)24-26-14-16-28(17-15-26)27-8-3-2-4-9-27/h2-4,8-9,14-19,22-23,30,32-33,37H,5-7,10-13,20-21,24-25H2,1H3/t30-,32+,33+,37-/m0/s1. The second-order valence-electron chi connectivity index (χ2n) is 13.1. The highest BCUT2D eigenvalue weighted by atomic mass is 35.5. The Morgan fingerprint density at radius 2 is 1.67 bits per heavy atom. The van der Waals surface area contributed by atoms with Gasteiger partial charge in [0.2, 0.25) is 0 Å². The molecule has 0 N–H and O–H groups in total. The molecule has 3 aliphatic heterocycles. The quantitative estimate of drug-likeness (QED) is 0.189. The Kier molecular flexibility index (Phi) is 8.70. The molecular weight excluding hydrogens is 582 g/mol. The minimum atomic E-state index is -0.181. The van der Waals surface area contributed by atoms with Gasteiger partial charge in [-0.3, -0.25) is 14.5 Å². The van der Waals surface area contributed by atoms with E-state index in [1.54, 1.807) is 0 Å². The van der Waals surface area contributed by atoms with Crippen LogP contribution in [-0.2, 0) is 16.1 Å². The summed E-state index contributed by atoms with van der Waals surface area (Å²) in [7, 11) is 1.45. The minimum absolute atomic E-state index is 0.0902. The van der Waals surface area contributed by atoms with Crippen molar-refractivity contribution in [1.29, 1.82) is 0 Å². The first-order valence-electron chi connectivity index (χ1n) is 16.5. The van der Waals surface area contributed by atoms with Crippen LogP contribution in [0.15, 0.2) is 78.9 Å². The molecule has 45 heavy (non-hydrogen) atoms. The van der Waals surface area contributed by atoms with Crippen LogP contribution in [0.25, 0.3) is 22.0 Å². The molecule has 3 aliphatic rings. The number of likely N-dealkylation sites (tertiary alicyclic amines) is 1. The summed E-state index contributed by atoms with van der Waals surface area (Å²) < 4.78 is 7.12. The Labute approximate surface area is 270 Å². The van der Waals surface area contributed by atoms with Gasteiger partial charge in [-0.15, -0.1) is 0 Å². The van der Waals surface area contributed by atoms with E-state index >= 15 is 0 Å². The zero-order valence-corrected chi connectivity index (χ0v) is 26.8. The van der Waals surface area contributed by atoms with E-state index in [4.69, 9.17) is 16.3 Å². The van der Waals surface area contributed by atoms with Crippen molar-refractivity contribution in [2.45, 2.75) is 63.6 Å². The van der Waals surface area contributed by atoms with Crippen LogP contribution in [0.5, 0.6) is 0 Å². The molecule has 4 atom stereocenters. The number of hydrogen-bond donors (Lipinski definition) is 0. The Hall–Kier alpha value is -3.61. The van der Waals surface area contributed by atoms with Gasteiger partial charge in [0, 0.05) is 42.0 Å². The number of carbonyl (C=O) groups is 2. The maximum atomic E-state index is 14.9. The van der Waals surface area contributed by atoms with Crippen molar-refractivity contribution >= 4 is 34.4 Å². The van der Waals surface area contributed by atoms with E-state index in [1.807, 2.05) is 24.3 Å². The van der Waals surface area contributed by atoms with Crippen molar-refractivity contribution < 1.29 is 14.3 Å². The Morgan fingerprint density at radius 3 is 2.44 bits per heavy atom. The molecule has 0 bridgehead atoms.